The van der Waals surface area contributed by atoms with E-state index in [0.717, 1.165) is 5.56 Å². The monoisotopic (exact) mass is 831 g/mol. The van der Waals surface area contributed by atoms with Gasteiger partial charge in [-0.25, -0.2) is 19.2 Å². The SMILES string of the molecule is O=C(CBr)O[C@@H]1[C@@H](OC(=O)c2ccccc2)[C@H](OCCCCCNC(=O)OCc2ccccc2)O[C@H](COC(=O)c2ccccc2)[C@H]1OC(=O)c1ccccc1. The van der Waals surface area contributed by atoms with Crippen LogP contribution >= 0.6 is 15.9 Å². The average Bonchev–Trinajstić information content (AvgIpc) is 3.24. The summed E-state index contributed by atoms with van der Waals surface area (Å²) in [6.07, 6.45) is -5.77. The molecule has 1 saturated heterocycles. The molecule has 1 aliphatic rings. The maximum atomic E-state index is 13.5. The molecule has 1 N–H and O–H groups in total. The zero-order chi connectivity index (χ0) is 39.5. The number of alkyl halides is 1. The van der Waals surface area contributed by atoms with Gasteiger partial charge in [-0.05, 0) is 61.2 Å². The highest BCUT2D eigenvalue weighted by Gasteiger charge is 2.53. The summed E-state index contributed by atoms with van der Waals surface area (Å²) in [5.74, 6) is -3.00. The van der Waals surface area contributed by atoms with E-state index in [9.17, 15) is 24.0 Å². The van der Waals surface area contributed by atoms with E-state index in [4.69, 9.17) is 33.2 Å². The molecule has 13 nitrogen and oxygen atoms in total. The van der Waals surface area contributed by atoms with Gasteiger partial charge < -0.3 is 38.5 Å². The second-order valence-electron chi connectivity index (χ2n) is 12.5. The largest absolute Gasteiger partial charge is 0.459 e. The van der Waals surface area contributed by atoms with Gasteiger partial charge in [0.25, 0.3) is 0 Å². The third kappa shape index (κ3) is 12.8. The molecule has 0 unspecified atom stereocenters. The predicted molar refractivity (Wildman–Crippen MR) is 205 cm³/mol. The lowest BCUT2D eigenvalue weighted by Crippen LogP contribution is -2.63. The molecule has 0 aliphatic carbocycles. The predicted octanol–water partition coefficient (Wildman–Crippen LogP) is 6.44. The summed E-state index contributed by atoms with van der Waals surface area (Å²) in [5, 5.41) is 2.48. The van der Waals surface area contributed by atoms with Crippen molar-refractivity contribution in [1.29, 1.82) is 0 Å². The molecule has 294 valence electrons. The van der Waals surface area contributed by atoms with Crippen LogP contribution < -0.4 is 5.32 Å². The van der Waals surface area contributed by atoms with Crippen molar-refractivity contribution in [3.63, 3.8) is 0 Å². The number of rotatable bonds is 18. The van der Waals surface area contributed by atoms with Crippen LogP contribution in [0.1, 0.15) is 55.9 Å². The minimum absolute atomic E-state index is 0.0899. The molecule has 56 heavy (non-hydrogen) atoms. The number of alkyl carbamates (subject to hydrolysis) is 1. The summed E-state index contributed by atoms with van der Waals surface area (Å²) >= 11 is 3.11. The molecular weight excluding hydrogens is 790 g/mol. The van der Waals surface area contributed by atoms with Gasteiger partial charge in [-0.1, -0.05) is 101 Å². The number of unbranched alkanes of at least 4 members (excludes halogenated alkanes) is 2. The van der Waals surface area contributed by atoms with Gasteiger partial charge in [-0.2, -0.15) is 0 Å². The number of benzene rings is 4. The van der Waals surface area contributed by atoms with Crippen LogP contribution in [0.15, 0.2) is 121 Å². The molecule has 5 atom stereocenters. The van der Waals surface area contributed by atoms with Crippen LogP contribution in [0, 0.1) is 0 Å². The van der Waals surface area contributed by atoms with Gasteiger partial charge >= 0.3 is 30.0 Å². The van der Waals surface area contributed by atoms with E-state index in [2.05, 4.69) is 21.2 Å². The molecule has 1 amide bonds. The van der Waals surface area contributed by atoms with Gasteiger partial charge in [0.15, 0.2) is 24.6 Å². The second kappa shape index (κ2) is 22.1. The molecule has 1 aliphatic heterocycles. The first-order chi connectivity index (χ1) is 27.3. The van der Waals surface area contributed by atoms with Crippen molar-refractivity contribution in [3.05, 3.63) is 144 Å². The minimum Gasteiger partial charge on any atom is -0.459 e. The fourth-order valence-electron chi connectivity index (χ4n) is 5.65. The van der Waals surface area contributed by atoms with E-state index in [1.165, 1.54) is 12.1 Å². The topological polar surface area (TPSA) is 162 Å². The number of hydrogen-bond donors (Lipinski definition) is 1. The molecule has 0 spiro atoms. The normalized spacial score (nSPS) is 18.8. The summed E-state index contributed by atoms with van der Waals surface area (Å²) in [5.41, 5.74) is 1.53. The number of carbonyl (C=O) groups excluding carboxylic acids is 5. The Labute approximate surface area is 332 Å². The Morgan fingerprint density at radius 3 is 1.70 bits per heavy atom. The average molecular weight is 833 g/mol. The highest BCUT2D eigenvalue weighted by Crippen LogP contribution is 2.31. The van der Waals surface area contributed by atoms with Crippen molar-refractivity contribution in [2.45, 2.75) is 56.6 Å². The number of ether oxygens (including phenoxy) is 7. The molecular formula is C42H42BrNO12. The molecule has 1 heterocycles. The van der Waals surface area contributed by atoms with Crippen LogP contribution in [-0.2, 0) is 44.6 Å². The molecule has 1 fully saturated rings. The lowest BCUT2D eigenvalue weighted by Gasteiger charge is -2.44. The minimum atomic E-state index is -1.47. The Morgan fingerprint density at radius 2 is 1.12 bits per heavy atom. The third-order valence-electron chi connectivity index (χ3n) is 8.45. The number of amides is 1. The van der Waals surface area contributed by atoms with Crippen molar-refractivity contribution >= 4 is 45.9 Å². The Morgan fingerprint density at radius 1 is 0.589 bits per heavy atom. The third-order valence-corrected chi connectivity index (χ3v) is 8.90. The van der Waals surface area contributed by atoms with Crippen molar-refractivity contribution in [2.24, 2.45) is 0 Å². The zero-order valence-corrected chi connectivity index (χ0v) is 32.0. The fraction of sp³-hybridized carbons (Fsp3) is 0.310. The molecule has 0 radical (unpaired) electrons. The van der Waals surface area contributed by atoms with Crippen molar-refractivity contribution in [1.82, 2.24) is 5.32 Å². The highest BCUT2D eigenvalue weighted by atomic mass is 79.9. The van der Waals surface area contributed by atoms with Crippen LogP contribution in [0.4, 0.5) is 4.79 Å². The molecule has 14 heteroatoms. The van der Waals surface area contributed by atoms with Crippen LogP contribution in [0.5, 0.6) is 0 Å². The van der Waals surface area contributed by atoms with E-state index >= 15 is 0 Å². The van der Waals surface area contributed by atoms with E-state index in [0.29, 0.717) is 25.8 Å². The lowest BCUT2D eigenvalue weighted by molar-refractivity contribution is -0.301. The highest BCUT2D eigenvalue weighted by molar-refractivity contribution is 9.09. The molecule has 4 aromatic rings. The summed E-state index contributed by atoms with van der Waals surface area (Å²) in [6, 6.07) is 33.8. The standard InChI is InChI=1S/C42H42BrNO12/c43-26-34(45)54-36-35(55-39(47)31-20-10-3-11-21-31)33(28-51-38(46)30-18-8-2-9-19-30)53-41(37(36)56-40(48)32-22-12-4-13-23-32)50-25-15-5-14-24-44-42(49)52-27-29-16-6-1-7-17-29/h1-4,6-13,16-23,33,35-37,41H,5,14-15,24-28H2,(H,44,49)/t33-,35-,36+,37-,41-/m1/s1. The van der Waals surface area contributed by atoms with Crippen LogP contribution in [0.25, 0.3) is 0 Å². The first kappa shape index (κ1) is 41.6. The smallest absolute Gasteiger partial charge is 0.407 e. The Bertz CT molecular complexity index is 1850. The van der Waals surface area contributed by atoms with Gasteiger partial charge in [-0.3, -0.25) is 4.79 Å². The second-order valence-corrected chi connectivity index (χ2v) is 13.0. The summed E-state index contributed by atoms with van der Waals surface area (Å²) in [4.78, 5) is 65.0. The molecule has 5 rings (SSSR count). The van der Waals surface area contributed by atoms with E-state index in [1.54, 1.807) is 78.9 Å². The summed E-state index contributed by atoms with van der Waals surface area (Å²) in [6.45, 7) is 0.155. The zero-order valence-electron chi connectivity index (χ0n) is 30.4. The lowest BCUT2D eigenvalue weighted by atomic mass is 9.97. The van der Waals surface area contributed by atoms with E-state index < -0.39 is 67.3 Å². The van der Waals surface area contributed by atoms with Gasteiger partial charge in [0, 0.05) is 13.2 Å². The number of carbonyl (C=O) groups is 5. The van der Waals surface area contributed by atoms with Crippen LogP contribution in [0.2, 0.25) is 0 Å². The maximum Gasteiger partial charge on any atom is 0.407 e. The van der Waals surface area contributed by atoms with Gasteiger partial charge in [0.2, 0.25) is 0 Å². The van der Waals surface area contributed by atoms with Crippen molar-refractivity contribution in [3.8, 4) is 0 Å². The van der Waals surface area contributed by atoms with Crippen molar-refractivity contribution in [2.75, 3.05) is 25.1 Å². The van der Waals surface area contributed by atoms with E-state index in [-0.39, 0.29) is 35.2 Å². The quantitative estimate of drug-likeness (QED) is 0.0507. The summed E-state index contributed by atoms with van der Waals surface area (Å²) in [7, 11) is 0. The first-order valence-corrected chi connectivity index (χ1v) is 19.2. The van der Waals surface area contributed by atoms with Crippen LogP contribution in [0.3, 0.4) is 0 Å². The Kier molecular flexibility index (Phi) is 16.4. The number of esters is 4. The Balaban J connectivity index is 1.31. The van der Waals surface area contributed by atoms with Gasteiger partial charge in [-0.15, -0.1) is 0 Å². The number of halogens is 1. The number of hydrogen-bond acceptors (Lipinski definition) is 12. The molecule has 0 aromatic heterocycles. The number of nitrogens with one attached hydrogen (secondary N) is 1. The van der Waals surface area contributed by atoms with Gasteiger partial charge in [0.1, 0.15) is 24.6 Å². The van der Waals surface area contributed by atoms with Gasteiger partial charge in [0.05, 0.1) is 16.7 Å². The maximum absolute atomic E-state index is 13.5. The molecule has 4 aromatic carbocycles. The fourth-order valence-corrected chi connectivity index (χ4v) is 5.78. The Hall–Kier alpha value is -5.57. The van der Waals surface area contributed by atoms with Crippen molar-refractivity contribution < 1.29 is 57.1 Å². The molecule has 0 saturated carbocycles. The van der Waals surface area contributed by atoms with Crippen LogP contribution in [-0.4, -0.2) is 85.8 Å². The van der Waals surface area contributed by atoms with E-state index in [1.807, 2.05) is 30.3 Å². The molecule has 0 bridgehead atoms. The first-order valence-electron chi connectivity index (χ1n) is 18.0. The summed E-state index contributed by atoms with van der Waals surface area (Å²) < 4.78 is 41.0.